The largest absolute Gasteiger partial charge is 0.396 e. The maximum Gasteiger partial charge on any atom is 0.254 e. The molecule has 0 aliphatic heterocycles. The van der Waals surface area contributed by atoms with E-state index in [-0.39, 0.29) is 12.5 Å². The summed E-state index contributed by atoms with van der Waals surface area (Å²) in [6, 6.07) is 0. The van der Waals surface area contributed by atoms with Gasteiger partial charge in [-0.3, -0.25) is 4.79 Å². The molecular formula is C12H17N5O2. The number of aliphatic hydroxyl groups is 1. The van der Waals surface area contributed by atoms with E-state index in [1.165, 1.54) is 12.5 Å². The Bertz CT molecular complexity index is 566. The van der Waals surface area contributed by atoms with Crippen molar-refractivity contribution >= 4 is 11.7 Å². The molecule has 0 saturated heterocycles. The lowest BCUT2D eigenvalue weighted by atomic mass is 10.2. The molecular weight excluding hydrogens is 246 g/mol. The number of aromatic nitrogens is 4. The van der Waals surface area contributed by atoms with Crippen molar-refractivity contribution in [2.75, 3.05) is 13.2 Å². The average molecular weight is 263 g/mol. The number of aryl methyl sites for hydroxylation is 1. The Hall–Kier alpha value is -2.02. The van der Waals surface area contributed by atoms with Crippen LogP contribution in [0.25, 0.3) is 5.78 Å². The fraction of sp³-hybridized carbons (Fsp3) is 0.500. The number of nitrogens with one attached hydrogen (secondary N) is 1. The van der Waals surface area contributed by atoms with Crippen LogP contribution < -0.4 is 5.32 Å². The molecule has 0 fully saturated rings. The molecule has 0 atom stereocenters. The molecule has 0 aromatic carbocycles. The molecule has 0 radical (unpaired) electrons. The van der Waals surface area contributed by atoms with Gasteiger partial charge < -0.3 is 10.4 Å². The Balaban J connectivity index is 1.99. The van der Waals surface area contributed by atoms with E-state index in [0.717, 1.165) is 25.0 Å². The molecule has 7 nitrogen and oxygen atoms in total. The van der Waals surface area contributed by atoms with Gasteiger partial charge in [-0.05, 0) is 26.2 Å². The van der Waals surface area contributed by atoms with E-state index in [4.69, 9.17) is 5.11 Å². The molecule has 2 aromatic rings. The van der Waals surface area contributed by atoms with Crippen LogP contribution >= 0.6 is 0 Å². The Kier molecular flexibility index (Phi) is 4.40. The van der Waals surface area contributed by atoms with E-state index in [9.17, 15) is 4.79 Å². The fourth-order valence-corrected chi connectivity index (χ4v) is 1.82. The summed E-state index contributed by atoms with van der Waals surface area (Å²) in [7, 11) is 0. The first kappa shape index (κ1) is 13.4. The fourth-order valence-electron chi connectivity index (χ4n) is 1.82. The smallest absolute Gasteiger partial charge is 0.254 e. The molecule has 1 amide bonds. The summed E-state index contributed by atoms with van der Waals surface area (Å²) in [5, 5.41) is 15.5. The van der Waals surface area contributed by atoms with Crippen LogP contribution in [0, 0.1) is 6.92 Å². The summed E-state index contributed by atoms with van der Waals surface area (Å²) < 4.78 is 1.54. The van der Waals surface area contributed by atoms with Gasteiger partial charge in [-0.15, -0.1) is 0 Å². The van der Waals surface area contributed by atoms with Crippen molar-refractivity contribution in [3.05, 3.63) is 23.8 Å². The molecule has 0 aliphatic rings. The van der Waals surface area contributed by atoms with Crippen LogP contribution in [0.5, 0.6) is 0 Å². The van der Waals surface area contributed by atoms with Gasteiger partial charge in [0.25, 0.3) is 11.7 Å². The summed E-state index contributed by atoms with van der Waals surface area (Å²) >= 11 is 0. The Morgan fingerprint density at radius 1 is 1.37 bits per heavy atom. The standard InChI is InChI=1S/C12H17N5O2/c1-9-10(7-14-12-15-8-16-17(9)12)11(19)13-5-3-2-4-6-18/h7-8,18H,2-6H2,1H3,(H,13,19). The lowest BCUT2D eigenvalue weighted by Gasteiger charge is -2.07. The average Bonchev–Trinajstić information content (AvgIpc) is 2.88. The molecule has 2 heterocycles. The van der Waals surface area contributed by atoms with Crippen LogP contribution in [0.2, 0.25) is 0 Å². The van der Waals surface area contributed by atoms with Gasteiger partial charge >= 0.3 is 0 Å². The summed E-state index contributed by atoms with van der Waals surface area (Å²) in [5.74, 6) is 0.323. The van der Waals surface area contributed by atoms with Crippen LogP contribution in [-0.4, -0.2) is 43.7 Å². The number of rotatable bonds is 6. The molecule has 2 N–H and O–H groups in total. The van der Waals surface area contributed by atoms with E-state index in [1.807, 2.05) is 6.92 Å². The van der Waals surface area contributed by atoms with Crippen LogP contribution in [0.3, 0.4) is 0 Å². The zero-order chi connectivity index (χ0) is 13.7. The number of unbranched alkanes of at least 4 members (excludes halogenated alkanes) is 2. The summed E-state index contributed by atoms with van der Waals surface area (Å²) in [6.07, 6.45) is 5.44. The predicted octanol–water partition coefficient (Wildman–Crippen LogP) is 0.325. The molecule has 7 heteroatoms. The molecule has 0 bridgehead atoms. The van der Waals surface area contributed by atoms with Crippen LogP contribution in [0.1, 0.15) is 35.3 Å². The second kappa shape index (κ2) is 6.24. The van der Waals surface area contributed by atoms with Crippen molar-refractivity contribution in [3.8, 4) is 0 Å². The van der Waals surface area contributed by atoms with Crippen LogP contribution in [0.4, 0.5) is 0 Å². The van der Waals surface area contributed by atoms with Gasteiger partial charge in [-0.1, -0.05) is 0 Å². The first-order valence-corrected chi connectivity index (χ1v) is 6.28. The minimum Gasteiger partial charge on any atom is -0.396 e. The minimum atomic E-state index is -0.161. The summed E-state index contributed by atoms with van der Waals surface area (Å²) in [5.41, 5.74) is 1.22. The third kappa shape index (κ3) is 3.05. The molecule has 0 aliphatic carbocycles. The van der Waals surface area contributed by atoms with Gasteiger partial charge in [-0.25, -0.2) is 9.50 Å². The first-order chi connectivity index (χ1) is 9.24. The lowest BCUT2D eigenvalue weighted by molar-refractivity contribution is 0.0951. The van der Waals surface area contributed by atoms with Crippen LogP contribution in [-0.2, 0) is 0 Å². The van der Waals surface area contributed by atoms with E-state index in [0.29, 0.717) is 17.9 Å². The van der Waals surface area contributed by atoms with Gasteiger partial charge in [0.2, 0.25) is 0 Å². The third-order valence-electron chi connectivity index (χ3n) is 2.91. The third-order valence-corrected chi connectivity index (χ3v) is 2.91. The highest BCUT2D eigenvalue weighted by Gasteiger charge is 2.12. The number of aliphatic hydroxyl groups excluding tert-OH is 1. The number of amides is 1. The van der Waals surface area contributed by atoms with Gasteiger partial charge in [0.05, 0.1) is 11.3 Å². The quantitative estimate of drug-likeness (QED) is 0.732. The SMILES string of the molecule is Cc1c(C(=O)NCCCCCO)cnc2ncnn12. The topological polar surface area (TPSA) is 92.4 Å². The zero-order valence-corrected chi connectivity index (χ0v) is 10.8. The number of hydrogen-bond acceptors (Lipinski definition) is 5. The first-order valence-electron chi connectivity index (χ1n) is 6.28. The molecule has 0 saturated carbocycles. The van der Waals surface area contributed by atoms with E-state index < -0.39 is 0 Å². The number of carbonyl (C=O) groups excluding carboxylic acids is 1. The zero-order valence-electron chi connectivity index (χ0n) is 10.8. The Labute approximate surface area is 110 Å². The maximum absolute atomic E-state index is 12.0. The van der Waals surface area contributed by atoms with Crippen molar-refractivity contribution in [3.63, 3.8) is 0 Å². The summed E-state index contributed by atoms with van der Waals surface area (Å²) in [4.78, 5) is 20.0. The van der Waals surface area contributed by atoms with Gasteiger partial charge in [0, 0.05) is 19.3 Å². The van der Waals surface area contributed by atoms with Gasteiger partial charge in [0.15, 0.2) is 0 Å². The minimum absolute atomic E-state index is 0.161. The number of hydrogen-bond donors (Lipinski definition) is 2. The Morgan fingerprint density at radius 2 is 2.21 bits per heavy atom. The van der Waals surface area contributed by atoms with Crippen molar-refractivity contribution < 1.29 is 9.90 Å². The van der Waals surface area contributed by atoms with Crippen molar-refractivity contribution in [1.29, 1.82) is 0 Å². The molecule has 0 unspecified atom stereocenters. The maximum atomic E-state index is 12.0. The van der Waals surface area contributed by atoms with Crippen LogP contribution in [0.15, 0.2) is 12.5 Å². The molecule has 2 rings (SSSR count). The van der Waals surface area contributed by atoms with Crippen molar-refractivity contribution in [1.82, 2.24) is 24.9 Å². The molecule has 102 valence electrons. The van der Waals surface area contributed by atoms with Crippen molar-refractivity contribution in [2.24, 2.45) is 0 Å². The molecule has 19 heavy (non-hydrogen) atoms. The van der Waals surface area contributed by atoms with E-state index >= 15 is 0 Å². The van der Waals surface area contributed by atoms with E-state index in [2.05, 4.69) is 20.4 Å². The highest BCUT2D eigenvalue weighted by Crippen LogP contribution is 2.07. The summed E-state index contributed by atoms with van der Waals surface area (Å²) in [6.45, 7) is 2.59. The molecule has 2 aromatic heterocycles. The van der Waals surface area contributed by atoms with Gasteiger partial charge in [-0.2, -0.15) is 10.1 Å². The number of carbonyl (C=O) groups is 1. The van der Waals surface area contributed by atoms with E-state index in [1.54, 1.807) is 4.52 Å². The highest BCUT2D eigenvalue weighted by molar-refractivity contribution is 5.95. The monoisotopic (exact) mass is 263 g/mol. The highest BCUT2D eigenvalue weighted by atomic mass is 16.2. The number of nitrogens with zero attached hydrogens (tertiary/aromatic N) is 4. The predicted molar refractivity (Wildman–Crippen MR) is 68.8 cm³/mol. The Morgan fingerprint density at radius 3 is 3.00 bits per heavy atom. The van der Waals surface area contributed by atoms with Crippen molar-refractivity contribution in [2.45, 2.75) is 26.2 Å². The second-order valence-corrected chi connectivity index (χ2v) is 4.27. The normalized spacial score (nSPS) is 10.8. The lowest BCUT2D eigenvalue weighted by Crippen LogP contribution is -2.26. The molecule has 0 spiro atoms. The second-order valence-electron chi connectivity index (χ2n) is 4.27. The van der Waals surface area contributed by atoms with Gasteiger partial charge in [0.1, 0.15) is 6.33 Å². The number of fused-ring (bicyclic) bond motifs is 1.